The molecule has 0 aromatic heterocycles. The molecule has 0 amide bonds. The van der Waals surface area contributed by atoms with Gasteiger partial charge in [0.1, 0.15) is 13.2 Å². The van der Waals surface area contributed by atoms with E-state index in [2.05, 4.69) is 4.72 Å². The largest absolute Gasteiger partial charge is 0.486 e. The van der Waals surface area contributed by atoms with E-state index in [0.29, 0.717) is 37.8 Å². The summed E-state index contributed by atoms with van der Waals surface area (Å²) in [6.07, 6.45) is 3.79. The number of unbranched alkanes of at least 4 members (excludes halogenated alkanes) is 3. The van der Waals surface area contributed by atoms with Crippen LogP contribution in [0.1, 0.15) is 25.7 Å². The molecule has 118 valence electrons. The molecule has 0 spiro atoms. The summed E-state index contributed by atoms with van der Waals surface area (Å²) < 4.78 is 37.7. The highest BCUT2D eigenvalue weighted by Crippen LogP contribution is 2.32. The number of ether oxygens (including phenoxy) is 2. The van der Waals surface area contributed by atoms with E-state index in [1.54, 1.807) is 6.07 Å². The Morgan fingerprint density at radius 2 is 1.76 bits per heavy atom. The van der Waals surface area contributed by atoms with E-state index < -0.39 is 10.0 Å². The van der Waals surface area contributed by atoms with E-state index in [1.807, 2.05) is 0 Å². The van der Waals surface area contributed by atoms with E-state index >= 15 is 0 Å². The standard InChI is InChI=1S/C14H22N2O4S/c15-7-3-1-2-4-8-16-21(17,18)12-5-6-13-14(11-12)20-10-9-19-13/h5-6,11,16H,1-4,7-10,15H2. The van der Waals surface area contributed by atoms with Crippen LogP contribution in [-0.4, -0.2) is 34.7 Å². The van der Waals surface area contributed by atoms with Crippen molar-refractivity contribution in [2.24, 2.45) is 5.73 Å². The molecule has 0 atom stereocenters. The summed E-state index contributed by atoms with van der Waals surface area (Å²) in [6, 6.07) is 4.67. The molecule has 3 N–H and O–H groups in total. The zero-order chi connectivity index (χ0) is 15.1. The fourth-order valence-electron chi connectivity index (χ4n) is 2.10. The van der Waals surface area contributed by atoms with Gasteiger partial charge in [-0.05, 0) is 31.5 Å². The minimum atomic E-state index is -3.50. The Labute approximate surface area is 125 Å². The smallest absolute Gasteiger partial charge is 0.240 e. The number of nitrogens with two attached hydrogens (primary N) is 1. The molecule has 0 unspecified atom stereocenters. The minimum Gasteiger partial charge on any atom is -0.486 e. The fraction of sp³-hybridized carbons (Fsp3) is 0.571. The number of hydrogen-bond acceptors (Lipinski definition) is 5. The molecule has 0 saturated carbocycles. The normalized spacial score (nSPS) is 14.1. The van der Waals surface area contributed by atoms with Crippen molar-refractivity contribution in [3.8, 4) is 11.5 Å². The van der Waals surface area contributed by atoms with Crippen LogP contribution in [0.25, 0.3) is 0 Å². The number of sulfonamides is 1. The summed E-state index contributed by atoms with van der Waals surface area (Å²) in [5.74, 6) is 1.06. The summed E-state index contributed by atoms with van der Waals surface area (Å²) in [5.41, 5.74) is 5.41. The molecule has 1 aliphatic rings. The zero-order valence-corrected chi connectivity index (χ0v) is 12.8. The molecule has 6 nitrogen and oxygen atoms in total. The van der Waals surface area contributed by atoms with Gasteiger partial charge < -0.3 is 15.2 Å². The van der Waals surface area contributed by atoms with Crippen molar-refractivity contribution in [2.45, 2.75) is 30.6 Å². The Bertz CT molecular complexity index is 560. The van der Waals surface area contributed by atoms with Crippen molar-refractivity contribution in [2.75, 3.05) is 26.3 Å². The second kappa shape index (κ2) is 7.63. The molecule has 1 aromatic carbocycles. The van der Waals surface area contributed by atoms with Gasteiger partial charge in [-0.25, -0.2) is 13.1 Å². The van der Waals surface area contributed by atoms with Gasteiger partial charge in [0.2, 0.25) is 10.0 Å². The first-order valence-electron chi connectivity index (χ1n) is 7.23. The van der Waals surface area contributed by atoms with Crippen molar-refractivity contribution in [3.05, 3.63) is 18.2 Å². The molecule has 0 bridgehead atoms. The van der Waals surface area contributed by atoms with E-state index in [0.717, 1.165) is 25.7 Å². The third kappa shape index (κ3) is 4.59. The average Bonchev–Trinajstić information content (AvgIpc) is 2.50. The maximum atomic E-state index is 12.2. The number of fused-ring (bicyclic) bond motifs is 1. The minimum absolute atomic E-state index is 0.203. The molecule has 0 aliphatic carbocycles. The Hall–Kier alpha value is -1.31. The molecular weight excluding hydrogens is 292 g/mol. The summed E-state index contributed by atoms with van der Waals surface area (Å²) in [5, 5.41) is 0. The van der Waals surface area contributed by atoms with Crippen LogP contribution in [0.2, 0.25) is 0 Å². The number of nitrogens with one attached hydrogen (secondary N) is 1. The Morgan fingerprint density at radius 3 is 2.52 bits per heavy atom. The van der Waals surface area contributed by atoms with Gasteiger partial charge in [-0.1, -0.05) is 12.8 Å². The first-order chi connectivity index (χ1) is 10.1. The lowest BCUT2D eigenvalue weighted by Gasteiger charge is -2.18. The third-order valence-corrected chi connectivity index (χ3v) is 4.71. The van der Waals surface area contributed by atoms with Gasteiger partial charge >= 0.3 is 0 Å². The van der Waals surface area contributed by atoms with E-state index in [-0.39, 0.29) is 4.90 Å². The summed E-state index contributed by atoms with van der Waals surface area (Å²) in [6.45, 7) is 2.04. The van der Waals surface area contributed by atoms with Gasteiger partial charge in [0, 0.05) is 12.6 Å². The van der Waals surface area contributed by atoms with E-state index in [4.69, 9.17) is 15.2 Å². The van der Waals surface area contributed by atoms with Gasteiger partial charge in [-0.3, -0.25) is 0 Å². The predicted octanol–water partition coefficient (Wildman–Crippen LogP) is 1.26. The van der Waals surface area contributed by atoms with Crippen LogP contribution < -0.4 is 19.9 Å². The van der Waals surface area contributed by atoms with Gasteiger partial charge in [0.15, 0.2) is 11.5 Å². The van der Waals surface area contributed by atoms with Crippen LogP contribution in [0.3, 0.4) is 0 Å². The Balaban J connectivity index is 1.90. The van der Waals surface area contributed by atoms with Crippen molar-refractivity contribution in [1.82, 2.24) is 4.72 Å². The lowest BCUT2D eigenvalue weighted by Crippen LogP contribution is -2.25. The third-order valence-electron chi connectivity index (χ3n) is 3.25. The van der Waals surface area contributed by atoms with Crippen molar-refractivity contribution in [3.63, 3.8) is 0 Å². The molecule has 0 fully saturated rings. The number of rotatable bonds is 8. The van der Waals surface area contributed by atoms with E-state index in [1.165, 1.54) is 12.1 Å². The van der Waals surface area contributed by atoms with Crippen molar-refractivity contribution >= 4 is 10.0 Å². The molecule has 1 aromatic rings. The SMILES string of the molecule is NCCCCCCNS(=O)(=O)c1ccc2c(c1)OCCO2. The maximum Gasteiger partial charge on any atom is 0.240 e. The molecule has 2 rings (SSSR count). The second-order valence-corrected chi connectivity index (χ2v) is 6.67. The lowest BCUT2D eigenvalue weighted by molar-refractivity contribution is 0.171. The molecule has 0 radical (unpaired) electrons. The first kappa shape index (κ1) is 16.1. The van der Waals surface area contributed by atoms with Crippen LogP contribution in [0.15, 0.2) is 23.1 Å². The summed E-state index contributed by atoms with van der Waals surface area (Å²) in [7, 11) is -3.50. The van der Waals surface area contributed by atoms with Crippen LogP contribution in [-0.2, 0) is 10.0 Å². The van der Waals surface area contributed by atoms with Crippen LogP contribution in [0, 0.1) is 0 Å². The molecular formula is C14H22N2O4S. The van der Waals surface area contributed by atoms with Gasteiger partial charge in [0.05, 0.1) is 4.90 Å². The highest BCUT2D eigenvalue weighted by molar-refractivity contribution is 7.89. The monoisotopic (exact) mass is 314 g/mol. The van der Waals surface area contributed by atoms with Crippen molar-refractivity contribution in [1.29, 1.82) is 0 Å². The van der Waals surface area contributed by atoms with Gasteiger partial charge in [-0.15, -0.1) is 0 Å². The molecule has 1 aliphatic heterocycles. The van der Waals surface area contributed by atoms with Crippen LogP contribution in [0.4, 0.5) is 0 Å². The zero-order valence-electron chi connectivity index (χ0n) is 12.0. The molecule has 7 heteroatoms. The molecule has 21 heavy (non-hydrogen) atoms. The summed E-state index contributed by atoms with van der Waals surface area (Å²) in [4.78, 5) is 0.203. The Morgan fingerprint density at radius 1 is 1.05 bits per heavy atom. The topological polar surface area (TPSA) is 90.7 Å². The highest BCUT2D eigenvalue weighted by Gasteiger charge is 2.18. The number of hydrogen-bond donors (Lipinski definition) is 2. The average molecular weight is 314 g/mol. The highest BCUT2D eigenvalue weighted by atomic mass is 32.2. The van der Waals surface area contributed by atoms with Gasteiger partial charge in [-0.2, -0.15) is 0 Å². The van der Waals surface area contributed by atoms with Crippen molar-refractivity contribution < 1.29 is 17.9 Å². The predicted molar refractivity (Wildman–Crippen MR) is 80.1 cm³/mol. The maximum absolute atomic E-state index is 12.2. The number of benzene rings is 1. The fourth-order valence-corrected chi connectivity index (χ4v) is 3.19. The van der Waals surface area contributed by atoms with Crippen LogP contribution >= 0.6 is 0 Å². The van der Waals surface area contributed by atoms with Crippen LogP contribution in [0.5, 0.6) is 11.5 Å². The van der Waals surface area contributed by atoms with Gasteiger partial charge in [0.25, 0.3) is 0 Å². The lowest BCUT2D eigenvalue weighted by atomic mass is 10.2. The Kier molecular flexibility index (Phi) is 5.84. The molecule has 0 saturated heterocycles. The summed E-state index contributed by atoms with van der Waals surface area (Å²) >= 11 is 0. The second-order valence-electron chi connectivity index (χ2n) is 4.91. The first-order valence-corrected chi connectivity index (χ1v) is 8.71. The quantitative estimate of drug-likeness (QED) is 0.705. The molecule has 1 heterocycles. The van der Waals surface area contributed by atoms with E-state index in [9.17, 15) is 8.42 Å².